The molecular formula is C32H54F3N3O8. The normalized spacial score (nSPS) is 18.5. The van der Waals surface area contributed by atoms with Gasteiger partial charge in [-0.1, -0.05) is 60.1 Å². The van der Waals surface area contributed by atoms with Gasteiger partial charge in [-0.2, -0.15) is 8.78 Å². The second-order valence-corrected chi connectivity index (χ2v) is 12.9. The van der Waals surface area contributed by atoms with E-state index in [0.717, 1.165) is 31.3 Å². The van der Waals surface area contributed by atoms with Crippen LogP contribution in [0.25, 0.3) is 0 Å². The summed E-state index contributed by atoms with van der Waals surface area (Å²) in [6, 6.07) is -0.331. The number of halogens is 3. The molecule has 3 amide bonds. The lowest BCUT2D eigenvalue weighted by Gasteiger charge is -2.52. The summed E-state index contributed by atoms with van der Waals surface area (Å²) in [5.74, 6) is 0.526. The van der Waals surface area contributed by atoms with Crippen LogP contribution >= 0.6 is 0 Å². The van der Waals surface area contributed by atoms with E-state index >= 15 is 0 Å². The number of carbonyl (C=O) groups excluding carboxylic acids is 3. The first kappa shape index (κ1) is 40.9. The molecule has 0 aromatic carbocycles. The van der Waals surface area contributed by atoms with Gasteiger partial charge in [0.2, 0.25) is 0 Å². The first-order chi connectivity index (χ1) is 21.5. The van der Waals surface area contributed by atoms with Crippen LogP contribution in [0.15, 0.2) is 24.5 Å². The summed E-state index contributed by atoms with van der Waals surface area (Å²) in [6.07, 6.45) is -0.587. The molecule has 0 aromatic rings. The van der Waals surface area contributed by atoms with Gasteiger partial charge in [0.15, 0.2) is 6.61 Å². The van der Waals surface area contributed by atoms with Crippen LogP contribution in [-0.4, -0.2) is 83.2 Å². The van der Waals surface area contributed by atoms with Crippen LogP contribution < -0.4 is 16.0 Å². The highest BCUT2D eigenvalue weighted by atomic mass is 19.3. The lowest BCUT2D eigenvalue weighted by molar-refractivity contribution is -0.257. The van der Waals surface area contributed by atoms with Gasteiger partial charge >= 0.3 is 24.4 Å². The van der Waals surface area contributed by atoms with Gasteiger partial charge in [-0.25, -0.2) is 18.8 Å². The minimum absolute atomic E-state index is 0.0409. The first-order valence-corrected chi connectivity index (χ1v) is 15.8. The predicted molar refractivity (Wildman–Crippen MR) is 167 cm³/mol. The molecule has 0 unspecified atom stereocenters. The zero-order valence-electron chi connectivity index (χ0n) is 28.1. The largest absolute Gasteiger partial charge is 0.492 e. The molecule has 0 saturated heterocycles. The number of nitrogens with one attached hydrogen (secondary N) is 3. The van der Waals surface area contributed by atoms with E-state index in [2.05, 4.69) is 38.6 Å². The average Bonchev–Trinajstić information content (AvgIpc) is 2.95. The van der Waals surface area contributed by atoms with Gasteiger partial charge in [0.1, 0.15) is 19.0 Å². The molecule has 0 spiro atoms. The molecule has 1 fully saturated rings. The number of alkyl carbamates (subject to hydrolysis) is 3. The zero-order valence-corrected chi connectivity index (χ0v) is 28.1. The summed E-state index contributed by atoms with van der Waals surface area (Å²) in [5, 5.41) is 8.12. The Morgan fingerprint density at radius 3 is 1.87 bits per heavy atom. The van der Waals surface area contributed by atoms with E-state index in [0.29, 0.717) is 44.7 Å². The summed E-state index contributed by atoms with van der Waals surface area (Å²) in [7, 11) is 0. The number of carbonyl (C=O) groups is 3. The number of hydrogen-bond donors (Lipinski definition) is 3. The fourth-order valence-electron chi connectivity index (χ4n) is 5.73. The maximum absolute atomic E-state index is 13.5. The highest BCUT2D eigenvalue weighted by Crippen LogP contribution is 2.50. The van der Waals surface area contributed by atoms with E-state index < -0.39 is 44.3 Å². The van der Waals surface area contributed by atoms with Gasteiger partial charge < -0.3 is 39.6 Å². The van der Waals surface area contributed by atoms with Crippen molar-refractivity contribution in [3.8, 4) is 0 Å². The van der Waals surface area contributed by atoms with Gasteiger partial charge in [0.05, 0.1) is 26.4 Å². The number of hydrogen-bond acceptors (Lipinski definition) is 8. The van der Waals surface area contributed by atoms with Crippen molar-refractivity contribution in [1.29, 1.82) is 0 Å². The Hall–Kier alpha value is -3.16. The SMILES string of the molecule is C=C(C)C(=C)OCCNC(=O)OCCCCCCCOC(=O)NCC1C(C)(C)CC(NC(=O)OCC(F)(F)OCCF)CC1(C)C. The molecule has 46 heavy (non-hydrogen) atoms. The third kappa shape index (κ3) is 17.0. The molecular weight excluding hydrogens is 611 g/mol. The highest BCUT2D eigenvalue weighted by Gasteiger charge is 2.48. The van der Waals surface area contributed by atoms with E-state index in [1.807, 2.05) is 27.7 Å². The number of rotatable bonds is 21. The average molecular weight is 666 g/mol. The van der Waals surface area contributed by atoms with Crippen LogP contribution in [0, 0.1) is 16.7 Å². The van der Waals surface area contributed by atoms with Crippen LogP contribution in [0.3, 0.4) is 0 Å². The van der Waals surface area contributed by atoms with Crippen molar-refractivity contribution >= 4 is 18.3 Å². The van der Waals surface area contributed by atoms with E-state index in [1.54, 1.807) is 6.92 Å². The molecule has 0 bridgehead atoms. The summed E-state index contributed by atoms with van der Waals surface area (Å²) < 4.78 is 63.5. The predicted octanol–water partition coefficient (Wildman–Crippen LogP) is 6.63. The smallest absolute Gasteiger partial charge is 0.407 e. The number of unbranched alkanes of at least 4 members (excludes halogenated alkanes) is 4. The fraction of sp³-hybridized carbons (Fsp3) is 0.781. The van der Waals surface area contributed by atoms with Crippen LogP contribution in [-0.2, 0) is 23.7 Å². The molecule has 14 heteroatoms. The lowest BCUT2D eigenvalue weighted by atomic mass is 9.56. The Kier molecular flexibility index (Phi) is 17.9. The molecule has 1 saturated carbocycles. The number of allylic oxidation sites excluding steroid dienone is 1. The number of ether oxygens (including phenoxy) is 5. The molecule has 0 aromatic heterocycles. The standard InChI is InChI=1S/C32H54F3N3O8/c1-23(2)24(3)42-18-14-36-27(39)43-15-11-9-8-10-12-16-44-28(40)37-21-26-30(4,5)19-25(20-31(26,6)7)38-29(41)45-22-32(34,35)46-17-13-33/h25-26H,1,3,8-22H2,2,4-7H3,(H,36,39)(H,37,40)(H,38,41). The van der Waals surface area contributed by atoms with Gasteiger partial charge in [-0.15, -0.1) is 0 Å². The third-order valence-electron chi connectivity index (χ3n) is 7.84. The van der Waals surface area contributed by atoms with Crippen molar-refractivity contribution in [2.24, 2.45) is 16.7 Å². The number of amides is 3. The Morgan fingerprint density at radius 2 is 1.33 bits per heavy atom. The van der Waals surface area contributed by atoms with E-state index in [1.165, 1.54) is 0 Å². The first-order valence-electron chi connectivity index (χ1n) is 15.8. The Balaban J connectivity index is 2.22. The third-order valence-corrected chi connectivity index (χ3v) is 7.84. The molecule has 3 N–H and O–H groups in total. The molecule has 0 heterocycles. The van der Waals surface area contributed by atoms with Gasteiger partial charge in [-0.05, 0) is 54.9 Å². The van der Waals surface area contributed by atoms with Gasteiger partial charge in [0.25, 0.3) is 0 Å². The monoisotopic (exact) mass is 665 g/mol. The lowest BCUT2D eigenvalue weighted by Crippen LogP contribution is -2.54. The molecule has 0 atom stereocenters. The van der Waals surface area contributed by atoms with Crippen molar-refractivity contribution in [2.75, 3.05) is 52.8 Å². The van der Waals surface area contributed by atoms with Crippen molar-refractivity contribution in [3.05, 3.63) is 24.5 Å². The van der Waals surface area contributed by atoms with Gasteiger partial charge in [0, 0.05) is 12.6 Å². The molecule has 266 valence electrons. The Labute approximate surface area is 271 Å². The van der Waals surface area contributed by atoms with Crippen LogP contribution in [0.5, 0.6) is 0 Å². The maximum Gasteiger partial charge on any atom is 0.407 e. The zero-order chi connectivity index (χ0) is 34.8. The van der Waals surface area contributed by atoms with E-state index in [-0.39, 0.29) is 36.0 Å². The summed E-state index contributed by atoms with van der Waals surface area (Å²) in [4.78, 5) is 36.2. The van der Waals surface area contributed by atoms with E-state index in [9.17, 15) is 27.6 Å². The minimum Gasteiger partial charge on any atom is -0.492 e. The molecule has 11 nitrogen and oxygen atoms in total. The van der Waals surface area contributed by atoms with Crippen molar-refractivity contribution < 1.29 is 51.2 Å². The minimum atomic E-state index is -3.77. The fourth-order valence-corrected chi connectivity index (χ4v) is 5.73. The molecule has 0 aliphatic heterocycles. The Morgan fingerprint density at radius 1 is 0.783 bits per heavy atom. The second kappa shape index (κ2) is 20.2. The molecule has 1 aliphatic rings. The summed E-state index contributed by atoms with van der Waals surface area (Å²) >= 11 is 0. The van der Waals surface area contributed by atoms with Crippen molar-refractivity contribution in [1.82, 2.24) is 16.0 Å². The second-order valence-electron chi connectivity index (χ2n) is 12.9. The van der Waals surface area contributed by atoms with E-state index in [4.69, 9.17) is 14.2 Å². The van der Waals surface area contributed by atoms with Gasteiger partial charge in [-0.3, -0.25) is 0 Å². The topological polar surface area (TPSA) is 133 Å². The molecule has 1 rings (SSSR count). The van der Waals surface area contributed by atoms with Crippen molar-refractivity contribution in [3.63, 3.8) is 0 Å². The summed E-state index contributed by atoms with van der Waals surface area (Å²) in [6.45, 7) is 15.7. The maximum atomic E-state index is 13.5. The highest BCUT2D eigenvalue weighted by molar-refractivity contribution is 5.68. The summed E-state index contributed by atoms with van der Waals surface area (Å²) in [5.41, 5.74) is 0.0915. The molecule has 1 aliphatic carbocycles. The van der Waals surface area contributed by atoms with Crippen LogP contribution in [0.2, 0.25) is 0 Å². The van der Waals surface area contributed by atoms with Crippen molar-refractivity contribution in [2.45, 2.75) is 91.7 Å². The quantitative estimate of drug-likeness (QED) is 0.0539. The van der Waals surface area contributed by atoms with Crippen LogP contribution in [0.1, 0.15) is 79.6 Å². The Bertz CT molecular complexity index is 976. The molecule has 0 radical (unpaired) electrons. The number of alkyl halides is 3. The van der Waals surface area contributed by atoms with Crippen LogP contribution in [0.4, 0.5) is 27.6 Å².